The molecule has 0 amide bonds. The van der Waals surface area contributed by atoms with Crippen LogP contribution < -0.4 is 18.9 Å². The molecule has 5 nitrogen and oxygen atoms in total. The maximum atomic E-state index is 11.5. The molecule has 1 aromatic rings. The molecule has 1 aliphatic rings. The van der Waals surface area contributed by atoms with E-state index in [1.807, 2.05) is 0 Å². The molecule has 0 fully saturated rings. The number of carbonyl (C=O) groups is 1. The molecule has 0 bridgehead atoms. The summed E-state index contributed by atoms with van der Waals surface area (Å²) in [5, 5.41) is -1.13. The summed E-state index contributed by atoms with van der Waals surface area (Å²) in [5.41, 5.74) is -2.81. The third kappa shape index (κ3) is 2.74. The second-order valence-corrected chi connectivity index (χ2v) is 6.20. The number of ether oxygens (including phenoxy) is 1. The van der Waals surface area contributed by atoms with Crippen LogP contribution in [0.25, 0.3) is 0 Å². The number of cyclic esters (lactones) is 1. The van der Waals surface area contributed by atoms with E-state index < -0.39 is 21.5 Å². The fraction of sp³-hybridized carbons (Fsp3) is 0.125. The van der Waals surface area contributed by atoms with Gasteiger partial charge in [-0.2, -0.15) is 0 Å². The summed E-state index contributed by atoms with van der Waals surface area (Å²) in [4.78, 5) is 11.5. The zero-order valence-corrected chi connectivity index (χ0v) is 12.9. The van der Waals surface area contributed by atoms with Gasteiger partial charge in [0.25, 0.3) is 0 Å². The number of hydrogen-bond donors (Lipinski definition) is 0. The molecule has 0 aromatic heterocycles. The Labute approximate surface area is 140 Å². The molecule has 0 N–H and O–H groups in total. The number of carbonyl (C=O) groups excluding carboxylic acids is 1. The van der Waals surface area contributed by atoms with Crippen LogP contribution in [0.1, 0.15) is 21.4 Å². The summed E-state index contributed by atoms with van der Waals surface area (Å²) in [6, 6.07) is 0. The summed E-state index contributed by atoms with van der Waals surface area (Å²) in [7, 11) is -4.96. The van der Waals surface area contributed by atoms with E-state index in [1.54, 1.807) is 0 Å². The fourth-order valence-electron chi connectivity index (χ4n) is 1.49. The minimum atomic E-state index is -4.96. The minimum absolute atomic E-state index is 0. The van der Waals surface area contributed by atoms with E-state index in [2.05, 4.69) is 4.74 Å². The van der Waals surface area contributed by atoms with Gasteiger partial charge < -0.3 is 9.29 Å². The van der Waals surface area contributed by atoms with Gasteiger partial charge in [0.1, 0.15) is 10.1 Å². The van der Waals surface area contributed by atoms with Gasteiger partial charge in [-0.15, -0.1) is 0 Å². The summed E-state index contributed by atoms with van der Waals surface area (Å²) in [6.07, 6.45) is 0. The van der Waals surface area contributed by atoms with Crippen molar-refractivity contribution in [2.75, 3.05) is 0 Å². The van der Waals surface area contributed by atoms with E-state index in [9.17, 15) is 17.8 Å². The predicted molar refractivity (Wildman–Crippen MR) is 64.3 cm³/mol. The molecule has 0 spiro atoms. The zero-order chi connectivity index (χ0) is 13.8. The second-order valence-electron chi connectivity index (χ2n) is 3.27. The molecular weight excluding hydrogens is 357 g/mol. The van der Waals surface area contributed by atoms with Gasteiger partial charge in [-0.05, 0) is 0 Å². The third-order valence-corrected chi connectivity index (χ3v) is 4.89. The smallest absolute Gasteiger partial charge is 0.745 e. The van der Waals surface area contributed by atoms with Crippen molar-refractivity contribution in [2.24, 2.45) is 0 Å². The molecule has 98 valence electrons. The fourth-order valence-corrected chi connectivity index (χ4v) is 3.33. The first-order valence-corrected chi connectivity index (χ1v) is 7.16. The molecule has 0 saturated carbocycles. The van der Waals surface area contributed by atoms with E-state index in [1.165, 1.54) is 0 Å². The van der Waals surface area contributed by atoms with Crippen LogP contribution in [-0.2, 0) is 14.9 Å². The van der Waals surface area contributed by atoms with Crippen LogP contribution in [0.15, 0.2) is 0 Å². The van der Waals surface area contributed by atoms with Crippen molar-refractivity contribution in [2.45, 2.75) is 5.44 Å². The van der Waals surface area contributed by atoms with Crippen LogP contribution in [0.5, 0.6) is 0 Å². The molecule has 0 radical (unpaired) electrons. The Kier molecular flexibility index (Phi) is 5.15. The van der Waals surface area contributed by atoms with Gasteiger partial charge in [-0.1, -0.05) is 46.4 Å². The van der Waals surface area contributed by atoms with Crippen LogP contribution in [0.2, 0.25) is 20.1 Å². The van der Waals surface area contributed by atoms with Gasteiger partial charge in [-0.3, -0.25) is 0 Å². The van der Waals surface area contributed by atoms with Crippen molar-refractivity contribution in [3.63, 3.8) is 0 Å². The topological polar surface area (TPSA) is 83.5 Å². The number of fused-ring (bicyclic) bond motifs is 1. The molecule has 0 saturated heterocycles. The van der Waals surface area contributed by atoms with E-state index >= 15 is 0 Å². The first kappa shape index (κ1) is 17.4. The standard InChI is InChI=1S/C8H2Cl4O5S.Li/c9-3-1-2(4(10)6(12)5(3)11)8(17-7(1)13)18(14,15)16;/h8H,(H,14,15,16);/q;+1/p-1. The number of halogens is 4. The van der Waals surface area contributed by atoms with Crippen LogP contribution >= 0.6 is 46.4 Å². The van der Waals surface area contributed by atoms with Gasteiger partial charge in [-0.25, -0.2) is 13.2 Å². The van der Waals surface area contributed by atoms with Crippen LogP contribution in [0.4, 0.5) is 0 Å². The monoisotopic (exact) mass is 356 g/mol. The Bertz CT molecular complexity index is 674. The molecule has 1 unspecified atom stereocenters. The Balaban J connectivity index is 0.00000180. The first-order valence-electron chi connectivity index (χ1n) is 4.17. The molecule has 1 aromatic carbocycles. The molecule has 1 heterocycles. The third-order valence-electron chi connectivity index (χ3n) is 2.22. The van der Waals surface area contributed by atoms with Gasteiger partial charge in [0, 0.05) is 5.56 Å². The van der Waals surface area contributed by atoms with Crippen LogP contribution in [0, 0.1) is 0 Å². The van der Waals surface area contributed by atoms with E-state index in [4.69, 9.17) is 46.4 Å². The van der Waals surface area contributed by atoms with Crippen LogP contribution in [0.3, 0.4) is 0 Å². The molecule has 1 atom stereocenters. The SMILES string of the molecule is O=C1OC(S(=O)(=O)[O-])c2c(Cl)c(Cl)c(Cl)c(Cl)c21.[Li+]. The Hall–Kier alpha value is 0.357. The van der Waals surface area contributed by atoms with Crippen molar-refractivity contribution < 1.29 is 41.4 Å². The van der Waals surface area contributed by atoms with Gasteiger partial charge in [0.2, 0.25) is 5.44 Å². The summed E-state index contributed by atoms with van der Waals surface area (Å²) in [6.45, 7) is 0. The zero-order valence-electron chi connectivity index (χ0n) is 9.04. The maximum Gasteiger partial charge on any atom is 1.00 e. The van der Waals surface area contributed by atoms with Gasteiger partial charge in [0.15, 0.2) is 0 Å². The molecule has 19 heavy (non-hydrogen) atoms. The van der Waals surface area contributed by atoms with Crippen molar-refractivity contribution >= 4 is 62.5 Å². The average Bonchev–Trinajstić information content (AvgIpc) is 2.61. The summed E-state index contributed by atoms with van der Waals surface area (Å²) in [5.74, 6) is -1.10. The molecule has 2 rings (SSSR count). The molecule has 0 aliphatic carbocycles. The largest absolute Gasteiger partial charge is 1.00 e. The van der Waals surface area contributed by atoms with E-state index in [0.29, 0.717) is 0 Å². The van der Waals surface area contributed by atoms with Gasteiger partial charge >= 0.3 is 24.8 Å². The second kappa shape index (κ2) is 5.62. The van der Waals surface area contributed by atoms with Crippen molar-refractivity contribution in [1.29, 1.82) is 0 Å². The van der Waals surface area contributed by atoms with E-state index in [0.717, 1.165) is 0 Å². The first-order chi connectivity index (χ1) is 8.16. The molecule has 11 heteroatoms. The Morgan fingerprint density at radius 1 is 1.00 bits per heavy atom. The van der Waals surface area contributed by atoms with Crippen molar-refractivity contribution in [3.05, 3.63) is 31.2 Å². The van der Waals surface area contributed by atoms with Gasteiger partial charge in [0.05, 0.1) is 25.7 Å². The van der Waals surface area contributed by atoms with Crippen LogP contribution in [-0.4, -0.2) is 18.9 Å². The summed E-state index contributed by atoms with van der Waals surface area (Å²) < 4.78 is 37.4. The average molecular weight is 358 g/mol. The number of rotatable bonds is 1. The predicted octanol–water partition coefficient (Wildman–Crippen LogP) is 0.0184. The molecular formula is C8HCl4LiO5S. The minimum Gasteiger partial charge on any atom is -0.745 e. The van der Waals surface area contributed by atoms with E-state index in [-0.39, 0.29) is 50.1 Å². The number of hydrogen-bond acceptors (Lipinski definition) is 5. The number of benzene rings is 1. The Morgan fingerprint density at radius 2 is 1.47 bits per heavy atom. The van der Waals surface area contributed by atoms with Crippen molar-refractivity contribution in [1.82, 2.24) is 0 Å². The summed E-state index contributed by atoms with van der Waals surface area (Å²) >= 11 is 23.0. The number of esters is 1. The normalized spacial score (nSPS) is 17.7. The maximum absolute atomic E-state index is 11.5. The van der Waals surface area contributed by atoms with Crippen molar-refractivity contribution in [3.8, 4) is 0 Å². The Morgan fingerprint density at radius 3 is 1.95 bits per heavy atom. The quantitative estimate of drug-likeness (QED) is 0.232. The molecule has 1 aliphatic heterocycles.